The standard InChI is InChI=1S/C19H23N3O4/c1-23-15-9-13(10-16(24-2)18(15)25-3)17(22-20)14-11-26-19(21-14)12-7-5-4-6-8-12/h4-10,14,17,19-21H,11H2,1-3H3. The van der Waals surface area contributed by atoms with Crippen LogP contribution in [-0.4, -0.2) is 34.0 Å². The van der Waals surface area contributed by atoms with Crippen LogP contribution in [0.2, 0.25) is 0 Å². The molecule has 3 rings (SSSR count). The first-order chi connectivity index (χ1) is 12.7. The molecule has 3 atom stereocenters. The third kappa shape index (κ3) is 3.49. The Labute approximate surface area is 152 Å². The molecule has 0 aromatic heterocycles. The van der Waals surface area contributed by atoms with Gasteiger partial charge in [0.2, 0.25) is 5.75 Å². The summed E-state index contributed by atoms with van der Waals surface area (Å²) < 4.78 is 22.0. The van der Waals surface area contributed by atoms with E-state index in [9.17, 15) is 0 Å². The summed E-state index contributed by atoms with van der Waals surface area (Å²) in [4.78, 5) is 0. The van der Waals surface area contributed by atoms with Crippen molar-refractivity contribution in [3.63, 3.8) is 0 Å². The first-order valence-electron chi connectivity index (χ1n) is 8.30. The Morgan fingerprint density at radius 2 is 1.73 bits per heavy atom. The van der Waals surface area contributed by atoms with E-state index in [0.29, 0.717) is 23.9 Å². The molecule has 3 unspecified atom stereocenters. The van der Waals surface area contributed by atoms with Gasteiger partial charge in [0, 0.05) is 0 Å². The minimum atomic E-state index is -0.433. The number of ether oxygens (including phenoxy) is 4. The van der Waals surface area contributed by atoms with E-state index in [1.807, 2.05) is 42.5 Å². The molecule has 0 amide bonds. The van der Waals surface area contributed by atoms with Gasteiger partial charge in [0.05, 0.1) is 34.0 Å². The SMILES string of the molecule is COc1cc(C(N=N)C2COC(c3ccccc3)N2)cc(OC)c1OC. The lowest BCUT2D eigenvalue weighted by Crippen LogP contribution is -2.31. The highest BCUT2D eigenvalue weighted by Gasteiger charge is 2.33. The Hall–Kier alpha value is -2.64. The molecule has 0 spiro atoms. The predicted molar refractivity (Wildman–Crippen MR) is 96.0 cm³/mol. The average Bonchev–Trinajstić information content (AvgIpc) is 3.18. The zero-order valence-electron chi connectivity index (χ0n) is 15.1. The average molecular weight is 357 g/mol. The summed E-state index contributed by atoms with van der Waals surface area (Å²) in [6, 6.07) is 13.0. The number of rotatable bonds is 7. The van der Waals surface area contributed by atoms with Crippen LogP contribution in [0.4, 0.5) is 0 Å². The van der Waals surface area contributed by atoms with Gasteiger partial charge in [-0.3, -0.25) is 5.32 Å². The molecule has 0 radical (unpaired) electrons. The Bertz CT molecular complexity index is 729. The van der Waals surface area contributed by atoms with Gasteiger partial charge >= 0.3 is 0 Å². The minimum absolute atomic E-state index is 0.138. The number of nitrogens with zero attached hydrogens (tertiary/aromatic N) is 1. The third-order valence-electron chi connectivity index (χ3n) is 4.46. The molecule has 1 heterocycles. The Balaban J connectivity index is 1.86. The summed E-state index contributed by atoms with van der Waals surface area (Å²) in [6.07, 6.45) is -0.215. The fourth-order valence-corrected chi connectivity index (χ4v) is 3.16. The highest BCUT2D eigenvalue weighted by atomic mass is 16.5. The van der Waals surface area contributed by atoms with Gasteiger partial charge in [-0.15, -0.1) is 0 Å². The van der Waals surface area contributed by atoms with Crippen molar-refractivity contribution in [1.82, 2.24) is 5.32 Å². The Kier molecular flexibility index (Phi) is 5.70. The highest BCUT2D eigenvalue weighted by molar-refractivity contribution is 5.54. The number of methoxy groups -OCH3 is 3. The maximum absolute atomic E-state index is 7.70. The normalized spacial score (nSPS) is 20.4. The monoisotopic (exact) mass is 357 g/mol. The van der Waals surface area contributed by atoms with Crippen LogP contribution in [0, 0.1) is 5.53 Å². The number of nitrogens with one attached hydrogen (secondary N) is 2. The maximum atomic E-state index is 7.70. The van der Waals surface area contributed by atoms with Gasteiger partial charge < -0.3 is 18.9 Å². The lowest BCUT2D eigenvalue weighted by Gasteiger charge is -2.21. The summed E-state index contributed by atoms with van der Waals surface area (Å²) in [5.74, 6) is 1.59. The van der Waals surface area contributed by atoms with Crippen molar-refractivity contribution in [2.24, 2.45) is 5.11 Å². The fourth-order valence-electron chi connectivity index (χ4n) is 3.16. The van der Waals surface area contributed by atoms with Crippen molar-refractivity contribution in [2.75, 3.05) is 27.9 Å². The lowest BCUT2D eigenvalue weighted by molar-refractivity contribution is 0.100. The summed E-state index contributed by atoms with van der Waals surface area (Å²) in [6.45, 7) is 0.448. The van der Waals surface area contributed by atoms with Crippen LogP contribution in [0.15, 0.2) is 47.6 Å². The fraction of sp³-hybridized carbons (Fsp3) is 0.368. The quantitative estimate of drug-likeness (QED) is 0.741. The minimum Gasteiger partial charge on any atom is -0.493 e. The zero-order chi connectivity index (χ0) is 18.5. The molecule has 2 aromatic rings. The van der Waals surface area contributed by atoms with Crippen LogP contribution >= 0.6 is 0 Å². The predicted octanol–water partition coefficient (Wildman–Crippen LogP) is 3.47. The van der Waals surface area contributed by atoms with E-state index in [4.69, 9.17) is 24.5 Å². The molecule has 1 saturated heterocycles. The first-order valence-corrected chi connectivity index (χ1v) is 8.30. The second-order valence-corrected chi connectivity index (χ2v) is 5.93. The van der Waals surface area contributed by atoms with Gasteiger partial charge in [0.1, 0.15) is 12.3 Å². The topological polar surface area (TPSA) is 85.2 Å². The van der Waals surface area contributed by atoms with Crippen LogP contribution in [0.5, 0.6) is 17.2 Å². The molecular weight excluding hydrogens is 334 g/mol. The smallest absolute Gasteiger partial charge is 0.203 e. The second kappa shape index (κ2) is 8.16. The number of hydrogen-bond donors (Lipinski definition) is 2. The van der Waals surface area contributed by atoms with Gasteiger partial charge in [-0.05, 0) is 23.3 Å². The van der Waals surface area contributed by atoms with E-state index in [-0.39, 0.29) is 12.3 Å². The Morgan fingerprint density at radius 3 is 2.27 bits per heavy atom. The molecule has 7 heteroatoms. The second-order valence-electron chi connectivity index (χ2n) is 5.93. The van der Waals surface area contributed by atoms with Crippen molar-refractivity contribution < 1.29 is 18.9 Å². The number of benzene rings is 2. The van der Waals surface area contributed by atoms with Gasteiger partial charge in [0.25, 0.3) is 0 Å². The third-order valence-corrected chi connectivity index (χ3v) is 4.46. The number of hydrogen-bond acceptors (Lipinski definition) is 7. The van der Waals surface area contributed by atoms with E-state index in [1.54, 1.807) is 21.3 Å². The molecule has 0 bridgehead atoms. The van der Waals surface area contributed by atoms with E-state index in [0.717, 1.165) is 11.1 Å². The van der Waals surface area contributed by atoms with Crippen LogP contribution in [0.25, 0.3) is 0 Å². The molecule has 0 saturated carbocycles. The molecule has 1 fully saturated rings. The highest BCUT2D eigenvalue weighted by Crippen LogP contribution is 2.41. The van der Waals surface area contributed by atoms with Gasteiger partial charge in [0.15, 0.2) is 11.5 Å². The van der Waals surface area contributed by atoms with Crippen molar-refractivity contribution >= 4 is 0 Å². The van der Waals surface area contributed by atoms with Crippen LogP contribution in [0.3, 0.4) is 0 Å². The summed E-state index contributed by atoms with van der Waals surface area (Å²) in [7, 11) is 4.69. The van der Waals surface area contributed by atoms with E-state index in [1.165, 1.54) is 0 Å². The summed E-state index contributed by atoms with van der Waals surface area (Å²) in [5, 5.41) is 7.24. The maximum Gasteiger partial charge on any atom is 0.203 e. The van der Waals surface area contributed by atoms with Gasteiger partial charge in [-0.25, -0.2) is 5.53 Å². The van der Waals surface area contributed by atoms with E-state index in [2.05, 4.69) is 10.4 Å². The van der Waals surface area contributed by atoms with Gasteiger partial charge in [-0.2, -0.15) is 5.11 Å². The van der Waals surface area contributed by atoms with Crippen LogP contribution in [-0.2, 0) is 4.74 Å². The lowest BCUT2D eigenvalue weighted by atomic mass is 9.99. The van der Waals surface area contributed by atoms with Crippen molar-refractivity contribution in [3.8, 4) is 17.2 Å². The molecule has 1 aliphatic heterocycles. The van der Waals surface area contributed by atoms with Crippen molar-refractivity contribution in [2.45, 2.75) is 18.3 Å². The van der Waals surface area contributed by atoms with Crippen LogP contribution < -0.4 is 19.5 Å². The molecule has 7 nitrogen and oxygen atoms in total. The van der Waals surface area contributed by atoms with Crippen molar-refractivity contribution in [1.29, 1.82) is 5.53 Å². The molecule has 1 aliphatic rings. The van der Waals surface area contributed by atoms with E-state index >= 15 is 0 Å². The van der Waals surface area contributed by atoms with E-state index < -0.39 is 6.04 Å². The largest absolute Gasteiger partial charge is 0.493 e. The molecule has 2 aromatic carbocycles. The molecular formula is C19H23N3O4. The van der Waals surface area contributed by atoms with Crippen LogP contribution in [0.1, 0.15) is 23.4 Å². The summed E-state index contributed by atoms with van der Waals surface area (Å²) >= 11 is 0. The van der Waals surface area contributed by atoms with Crippen molar-refractivity contribution in [3.05, 3.63) is 53.6 Å². The molecule has 26 heavy (non-hydrogen) atoms. The first kappa shape index (κ1) is 18.2. The Morgan fingerprint density at radius 1 is 1.08 bits per heavy atom. The molecule has 138 valence electrons. The molecule has 0 aliphatic carbocycles. The summed E-state index contributed by atoms with van der Waals surface area (Å²) in [5.41, 5.74) is 9.54. The van der Waals surface area contributed by atoms with Gasteiger partial charge in [-0.1, -0.05) is 30.3 Å². The molecule has 2 N–H and O–H groups in total. The zero-order valence-corrected chi connectivity index (χ0v) is 15.1.